The van der Waals surface area contributed by atoms with Gasteiger partial charge in [0.1, 0.15) is 0 Å². The van der Waals surface area contributed by atoms with Crippen molar-refractivity contribution in [1.29, 1.82) is 0 Å². The van der Waals surface area contributed by atoms with Crippen LogP contribution in [0.1, 0.15) is 50.6 Å². The SMILES string of the molecule is Nc1nc(OCC2CCOCC2)nn2c(CC3CCCCC3)cnc12. The molecule has 2 aliphatic rings. The molecule has 4 rings (SSSR count). The first kappa shape index (κ1) is 16.6. The first-order chi connectivity index (χ1) is 12.3. The molecule has 0 aromatic carbocycles. The van der Waals surface area contributed by atoms with Crippen LogP contribution in [-0.2, 0) is 11.2 Å². The molecule has 0 amide bonds. The van der Waals surface area contributed by atoms with Crippen molar-refractivity contribution in [1.82, 2.24) is 19.6 Å². The Morgan fingerprint density at radius 3 is 2.72 bits per heavy atom. The summed E-state index contributed by atoms with van der Waals surface area (Å²) in [5.41, 5.74) is 7.81. The average molecular weight is 345 g/mol. The molecule has 2 fully saturated rings. The zero-order valence-corrected chi connectivity index (χ0v) is 14.7. The molecule has 1 aliphatic carbocycles. The molecule has 0 spiro atoms. The molecule has 0 atom stereocenters. The summed E-state index contributed by atoms with van der Waals surface area (Å²) >= 11 is 0. The van der Waals surface area contributed by atoms with Crippen molar-refractivity contribution >= 4 is 11.5 Å². The number of hydrogen-bond acceptors (Lipinski definition) is 6. The van der Waals surface area contributed by atoms with Gasteiger partial charge < -0.3 is 15.2 Å². The Bertz CT molecular complexity index is 705. The van der Waals surface area contributed by atoms with Gasteiger partial charge >= 0.3 is 6.01 Å². The maximum absolute atomic E-state index is 6.08. The highest BCUT2D eigenvalue weighted by molar-refractivity contribution is 5.59. The van der Waals surface area contributed by atoms with Gasteiger partial charge in [-0.1, -0.05) is 32.1 Å². The third-order valence-corrected chi connectivity index (χ3v) is 5.45. The molecule has 0 unspecified atom stereocenters. The van der Waals surface area contributed by atoms with Gasteiger partial charge in [-0.15, -0.1) is 5.10 Å². The van der Waals surface area contributed by atoms with E-state index in [1.165, 1.54) is 32.1 Å². The van der Waals surface area contributed by atoms with E-state index in [1.807, 2.05) is 10.7 Å². The number of rotatable bonds is 5. The van der Waals surface area contributed by atoms with E-state index >= 15 is 0 Å². The van der Waals surface area contributed by atoms with Gasteiger partial charge in [0.05, 0.1) is 18.5 Å². The van der Waals surface area contributed by atoms with Crippen LogP contribution in [0.2, 0.25) is 0 Å². The molecule has 0 radical (unpaired) electrons. The highest BCUT2D eigenvalue weighted by Crippen LogP contribution is 2.27. The van der Waals surface area contributed by atoms with Gasteiger partial charge in [0, 0.05) is 13.2 Å². The zero-order valence-electron chi connectivity index (χ0n) is 14.7. The monoisotopic (exact) mass is 345 g/mol. The molecule has 136 valence electrons. The van der Waals surface area contributed by atoms with Crippen molar-refractivity contribution in [2.24, 2.45) is 11.8 Å². The Balaban J connectivity index is 1.49. The molecule has 2 N–H and O–H groups in total. The fourth-order valence-electron chi connectivity index (χ4n) is 3.92. The van der Waals surface area contributed by atoms with Gasteiger partial charge in [0.2, 0.25) is 0 Å². The zero-order chi connectivity index (χ0) is 17.1. The number of hydrogen-bond donors (Lipinski definition) is 1. The first-order valence-electron chi connectivity index (χ1n) is 9.50. The van der Waals surface area contributed by atoms with E-state index in [0.29, 0.717) is 30.0 Å². The Morgan fingerprint density at radius 2 is 1.92 bits per heavy atom. The molecule has 1 saturated carbocycles. The highest BCUT2D eigenvalue weighted by Gasteiger charge is 2.19. The van der Waals surface area contributed by atoms with Crippen LogP contribution in [0.5, 0.6) is 6.01 Å². The summed E-state index contributed by atoms with van der Waals surface area (Å²) in [6.07, 6.45) is 11.5. The maximum Gasteiger partial charge on any atom is 0.336 e. The molecule has 1 saturated heterocycles. The van der Waals surface area contributed by atoms with E-state index in [-0.39, 0.29) is 0 Å². The molecular weight excluding hydrogens is 318 g/mol. The Labute approximate surface area is 147 Å². The summed E-state index contributed by atoms with van der Waals surface area (Å²) in [5.74, 6) is 1.60. The largest absolute Gasteiger partial charge is 0.462 e. The minimum absolute atomic E-state index is 0.347. The van der Waals surface area contributed by atoms with Crippen LogP contribution in [0.25, 0.3) is 5.65 Å². The summed E-state index contributed by atoms with van der Waals surface area (Å²) in [6.45, 7) is 2.23. The molecule has 2 aromatic heterocycles. The highest BCUT2D eigenvalue weighted by atomic mass is 16.5. The quantitative estimate of drug-likeness (QED) is 0.896. The molecule has 1 aliphatic heterocycles. The van der Waals surface area contributed by atoms with Crippen molar-refractivity contribution in [3.05, 3.63) is 11.9 Å². The van der Waals surface area contributed by atoms with Gasteiger partial charge in [0.15, 0.2) is 11.5 Å². The van der Waals surface area contributed by atoms with E-state index in [0.717, 1.165) is 44.1 Å². The lowest BCUT2D eigenvalue weighted by Gasteiger charge is -2.22. The topological polar surface area (TPSA) is 87.6 Å². The number of nitrogens with two attached hydrogens (primary N) is 1. The summed E-state index contributed by atoms with van der Waals surface area (Å²) in [6, 6.07) is 0.347. The van der Waals surface area contributed by atoms with Gasteiger partial charge in [-0.05, 0) is 31.1 Å². The molecule has 3 heterocycles. The molecule has 7 nitrogen and oxygen atoms in total. The standard InChI is InChI=1S/C18H27N5O2/c19-16-17-20-11-15(10-13-4-2-1-3-5-13)23(17)22-18(21-16)25-12-14-6-8-24-9-7-14/h11,13-14H,1-10,12H2,(H2,19,21,22). The minimum Gasteiger partial charge on any atom is -0.462 e. The molecule has 2 aromatic rings. The number of fused-ring (bicyclic) bond motifs is 1. The van der Waals surface area contributed by atoms with Crippen molar-refractivity contribution in [3.8, 4) is 6.01 Å². The predicted octanol–water partition coefficient (Wildman–Crippen LogP) is 2.63. The lowest BCUT2D eigenvalue weighted by atomic mass is 9.86. The van der Waals surface area contributed by atoms with E-state index in [2.05, 4.69) is 15.1 Å². The second-order valence-corrected chi connectivity index (χ2v) is 7.34. The summed E-state index contributed by atoms with van der Waals surface area (Å²) in [4.78, 5) is 8.69. The smallest absolute Gasteiger partial charge is 0.336 e. The normalized spacial score (nSPS) is 20.2. The van der Waals surface area contributed by atoms with Crippen molar-refractivity contribution in [2.45, 2.75) is 51.4 Å². The van der Waals surface area contributed by atoms with Crippen LogP contribution in [0.15, 0.2) is 6.20 Å². The fraction of sp³-hybridized carbons (Fsp3) is 0.722. The number of nitrogen functional groups attached to an aromatic ring is 1. The van der Waals surface area contributed by atoms with E-state index < -0.39 is 0 Å². The molecule has 7 heteroatoms. The van der Waals surface area contributed by atoms with Gasteiger partial charge in [-0.2, -0.15) is 4.98 Å². The summed E-state index contributed by atoms with van der Waals surface area (Å²) < 4.78 is 13.1. The number of aromatic nitrogens is 4. The van der Waals surface area contributed by atoms with Crippen LogP contribution in [0.4, 0.5) is 5.82 Å². The van der Waals surface area contributed by atoms with Crippen LogP contribution in [0, 0.1) is 11.8 Å². The third-order valence-electron chi connectivity index (χ3n) is 5.45. The van der Waals surface area contributed by atoms with Crippen molar-refractivity contribution in [2.75, 3.05) is 25.6 Å². The molecule has 0 bridgehead atoms. The van der Waals surface area contributed by atoms with Crippen molar-refractivity contribution < 1.29 is 9.47 Å². The number of imidazole rings is 1. The van der Waals surface area contributed by atoms with Gasteiger partial charge in [-0.25, -0.2) is 9.50 Å². The Hall–Kier alpha value is -1.89. The lowest BCUT2D eigenvalue weighted by molar-refractivity contribution is 0.0480. The average Bonchev–Trinajstić information content (AvgIpc) is 3.05. The maximum atomic E-state index is 6.08. The minimum atomic E-state index is 0.347. The van der Waals surface area contributed by atoms with Gasteiger partial charge in [0.25, 0.3) is 0 Å². The van der Waals surface area contributed by atoms with Crippen LogP contribution in [-0.4, -0.2) is 39.4 Å². The van der Waals surface area contributed by atoms with Crippen LogP contribution in [0.3, 0.4) is 0 Å². The number of ether oxygens (including phenoxy) is 2. The second kappa shape index (κ2) is 7.56. The molecular formula is C18H27N5O2. The number of nitrogens with zero attached hydrogens (tertiary/aromatic N) is 4. The second-order valence-electron chi connectivity index (χ2n) is 7.34. The predicted molar refractivity (Wildman–Crippen MR) is 94.5 cm³/mol. The van der Waals surface area contributed by atoms with Crippen LogP contribution >= 0.6 is 0 Å². The lowest BCUT2D eigenvalue weighted by Crippen LogP contribution is -2.22. The number of anilines is 1. The van der Waals surface area contributed by atoms with E-state index in [9.17, 15) is 0 Å². The summed E-state index contributed by atoms with van der Waals surface area (Å²) in [5, 5.41) is 4.56. The Morgan fingerprint density at radius 1 is 1.12 bits per heavy atom. The van der Waals surface area contributed by atoms with Crippen LogP contribution < -0.4 is 10.5 Å². The van der Waals surface area contributed by atoms with Crippen molar-refractivity contribution in [3.63, 3.8) is 0 Å². The first-order valence-corrected chi connectivity index (χ1v) is 9.50. The molecule has 25 heavy (non-hydrogen) atoms. The van der Waals surface area contributed by atoms with E-state index in [4.69, 9.17) is 15.2 Å². The van der Waals surface area contributed by atoms with E-state index in [1.54, 1.807) is 0 Å². The summed E-state index contributed by atoms with van der Waals surface area (Å²) in [7, 11) is 0. The van der Waals surface area contributed by atoms with Gasteiger partial charge in [-0.3, -0.25) is 0 Å². The third kappa shape index (κ3) is 3.86. The fourth-order valence-corrected chi connectivity index (χ4v) is 3.92. The Kier molecular flexibility index (Phi) is 5.01.